The molecular formula is C18H22O3. The lowest BCUT2D eigenvalue weighted by atomic mass is 9.50. The largest absolute Gasteiger partial charge is 0.460 e. The molecule has 3 heteroatoms. The number of ketones is 1. The second-order valence-corrected chi connectivity index (χ2v) is 6.35. The van der Waals surface area contributed by atoms with Crippen molar-refractivity contribution in [3.63, 3.8) is 0 Å². The molecule has 21 heavy (non-hydrogen) atoms. The molecule has 0 radical (unpaired) electrons. The van der Waals surface area contributed by atoms with Crippen molar-refractivity contribution < 1.29 is 14.3 Å². The fourth-order valence-corrected chi connectivity index (χ4v) is 4.39. The van der Waals surface area contributed by atoms with Gasteiger partial charge in [-0.2, -0.15) is 0 Å². The van der Waals surface area contributed by atoms with Crippen molar-refractivity contribution in [2.75, 3.05) is 6.61 Å². The van der Waals surface area contributed by atoms with Crippen LogP contribution in [0.25, 0.3) is 0 Å². The van der Waals surface area contributed by atoms with Crippen LogP contribution in [0.4, 0.5) is 0 Å². The molecule has 2 aliphatic rings. The number of benzene rings is 1. The third-order valence-corrected chi connectivity index (χ3v) is 5.26. The number of carbonyl (C=O) groups is 2. The standard InChI is InChI=1S/C18H22O3/c1-2-21-17(20)16(19)14-12-18(10-6-7-11-18)15(14)13-8-4-3-5-9-13/h3-5,8-9,14-15H,2,6-7,10-12H2,1H3. The zero-order valence-electron chi connectivity index (χ0n) is 12.5. The van der Waals surface area contributed by atoms with E-state index < -0.39 is 5.97 Å². The van der Waals surface area contributed by atoms with Crippen LogP contribution < -0.4 is 0 Å². The van der Waals surface area contributed by atoms with Gasteiger partial charge in [-0.05, 0) is 43.1 Å². The predicted octanol–water partition coefficient (Wildman–Crippen LogP) is 3.48. The number of Topliss-reactive ketones (excluding diaryl/α,β-unsaturated/α-hetero) is 1. The second-order valence-electron chi connectivity index (χ2n) is 6.35. The summed E-state index contributed by atoms with van der Waals surface area (Å²) in [6.07, 6.45) is 5.69. The lowest BCUT2D eigenvalue weighted by Crippen LogP contribution is -2.49. The third-order valence-electron chi connectivity index (χ3n) is 5.26. The maximum absolute atomic E-state index is 12.4. The van der Waals surface area contributed by atoms with E-state index in [1.807, 2.05) is 18.2 Å². The van der Waals surface area contributed by atoms with E-state index in [0.717, 1.165) is 6.42 Å². The molecule has 0 aliphatic heterocycles. The highest BCUT2D eigenvalue weighted by Gasteiger charge is 2.58. The van der Waals surface area contributed by atoms with Crippen LogP contribution in [0.15, 0.2) is 30.3 Å². The normalized spacial score (nSPS) is 26.3. The number of carbonyl (C=O) groups excluding carboxylic acids is 2. The van der Waals surface area contributed by atoms with Gasteiger partial charge in [0.2, 0.25) is 5.78 Å². The number of hydrogen-bond acceptors (Lipinski definition) is 3. The van der Waals surface area contributed by atoms with E-state index in [9.17, 15) is 9.59 Å². The highest BCUT2D eigenvalue weighted by Crippen LogP contribution is 2.64. The maximum atomic E-state index is 12.4. The summed E-state index contributed by atoms with van der Waals surface area (Å²) in [5.41, 5.74) is 1.45. The topological polar surface area (TPSA) is 43.4 Å². The molecule has 0 saturated heterocycles. The number of rotatable bonds is 4. The molecule has 0 amide bonds. The van der Waals surface area contributed by atoms with Crippen LogP contribution in [-0.4, -0.2) is 18.4 Å². The molecule has 2 aliphatic carbocycles. The Labute approximate surface area is 125 Å². The lowest BCUT2D eigenvalue weighted by molar-refractivity contribution is -0.160. The summed E-state index contributed by atoms with van der Waals surface area (Å²) in [6, 6.07) is 10.2. The molecule has 1 aromatic rings. The lowest BCUT2D eigenvalue weighted by Gasteiger charge is -2.53. The van der Waals surface area contributed by atoms with Crippen LogP contribution in [0.2, 0.25) is 0 Å². The Morgan fingerprint density at radius 3 is 2.48 bits per heavy atom. The van der Waals surface area contributed by atoms with Crippen LogP contribution in [0, 0.1) is 11.3 Å². The molecule has 0 heterocycles. The Kier molecular flexibility index (Phi) is 3.83. The Balaban J connectivity index is 1.85. The molecule has 112 valence electrons. The predicted molar refractivity (Wildman–Crippen MR) is 79.8 cm³/mol. The Bertz CT molecular complexity index is 529. The van der Waals surface area contributed by atoms with Crippen LogP contribution >= 0.6 is 0 Å². The van der Waals surface area contributed by atoms with Gasteiger partial charge < -0.3 is 4.74 Å². The average Bonchev–Trinajstić information content (AvgIpc) is 2.97. The molecule has 2 saturated carbocycles. The second kappa shape index (κ2) is 5.63. The molecule has 0 bridgehead atoms. The Morgan fingerprint density at radius 1 is 1.19 bits per heavy atom. The molecule has 0 aromatic heterocycles. The SMILES string of the molecule is CCOC(=O)C(=O)C1CC2(CCCC2)C1c1ccccc1. The van der Waals surface area contributed by atoms with Crippen LogP contribution in [-0.2, 0) is 14.3 Å². The fourth-order valence-electron chi connectivity index (χ4n) is 4.39. The van der Waals surface area contributed by atoms with Gasteiger partial charge in [-0.25, -0.2) is 4.79 Å². The third kappa shape index (κ3) is 2.39. The van der Waals surface area contributed by atoms with Crippen molar-refractivity contribution in [2.45, 2.75) is 44.9 Å². The molecule has 1 spiro atoms. The van der Waals surface area contributed by atoms with Crippen LogP contribution in [0.3, 0.4) is 0 Å². The van der Waals surface area contributed by atoms with E-state index in [-0.39, 0.29) is 29.6 Å². The summed E-state index contributed by atoms with van der Waals surface area (Å²) < 4.78 is 4.91. The van der Waals surface area contributed by atoms with Crippen LogP contribution in [0.1, 0.15) is 50.5 Å². The van der Waals surface area contributed by atoms with Gasteiger partial charge in [-0.1, -0.05) is 43.2 Å². The van der Waals surface area contributed by atoms with Crippen molar-refractivity contribution in [2.24, 2.45) is 11.3 Å². The molecule has 1 aromatic carbocycles. The molecule has 0 N–H and O–H groups in total. The fraction of sp³-hybridized carbons (Fsp3) is 0.556. The maximum Gasteiger partial charge on any atom is 0.374 e. The van der Waals surface area contributed by atoms with Gasteiger partial charge in [-0.3, -0.25) is 4.79 Å². The smallest absolute Gasteiger partial charge is 0.374 e. The molecular weight excluding hydrogens is 264 g/mol. The molecule has 2 atom stereocenters. The molecule has 3 nitrogen and oxygen atoms in total. The van der Waals surface area contributed by atoms with E-state index >= 15 is 0 Å². The van der Waals surface area contributed by atoms with Gasteiger partial charge in [0.15, 0.2) is 0 Å². The first kappa shape index (κ1) is 14.3. The van der Waals surface area contributed by atoms with Crippen molar-refractivity contribution >= 4 is 11.8 Å². The zero-order valence-corrected chi connectivity index (χ0v) is 12.5. The number of esters is 1. The first-order valence-electron chi connectivity index (χ1n) is 7.94. The van der Waals surface area contributed by atoms with Crippen molar-refractivity contribution in [1.82, 2.24) is 0 Å². The highest BCUT2D eigenvalue weighted by atomic mass is 16.5. The van der Waals surface area contributed by atoms with Crippen molar-refractivity contribution in [1.29, 1.82) is 0 Å². The van der Waals surface area contributed by atoms with Gasteiger partial charge in [0.25, 0.3) is 0 Å². The quantitative estimate of drug-likeness (QED) is 0.628. The Morgan fingerprint density at radius 2 is 1.86 bits per heavy atom. The van der Waals surface area contributed by atoms with Gasteiger partial charge >= 0.3 is 5.97 Å². The van der Waals surface area contributed by atoms with Crippen molar-refractivity contribution in [3.8, 4) is 0 Å². The minimum Gasteiger partial charge on any atom is -0.460 e. The van der Waals surface area contributed by atoms with Gasteiger partial charge in [0.1, 0.15) is 0 Å². The summed E-state index contributed by atoms with van der Waals surface area (Å²) in [4.78, 5) is 24.2. The summed E-state index contributed by atoms with van der Waals surface area (Å²) >= 11 is 0. The summed E-state index contributed by atoms with van der Waals surface area (Å²) in [5, 5.41) is 0. The van der Waals surface area contributed by atoms with Gasteiger partial charge in [0.05, 0.1) is 6.61 Å². The van der Waals surface area contributed by atoms with E-state index in [4.69, 9.17) is 4.74 Å². The molecule has 2 unspecified atom stereocenters. The molecule has 2 fully saturated rings. The minimum atomic E-state index is -0.656. The van der Waals surface area contributed by atoms with E-state index in [1.54, 1.807) is 6.92 Å². The first-order valence-corrected chi connectivity index (χ1v) is 7.94. The van der Waals surface area contributed by atoms with Gasteiger partial charge in [0, 0.05) is 5.92 Å². The van der Waals surface area contributed by atoms with E-state index in [0.29, 0.717) is 0 Å². The zero-order chi connectivity index (χ0) is 14.9. The van der Waals surface area contributed by atoms with Crippen molar-refractivity contribution in [3.05, 3.63) is 35.9 Å². The highest BCUT2D eigenvalue weighted by molar-refractivity contribution is 6.34. The first-order chi connectivity index (χ1) is 10.2. The summed E-state index contributed by atoms with van der Waals surface area (Å²) in [6.45, 7) is 2.00. The number of ether oxygens (including phenoxy) is 1. The Hall–Kier alpha value is -1.64. The average molecular weight is 286 g/mol. The summed E-state index contributed by atoms with van der Waals surface area (Å²) in [7, 11) is 0. The monoisotopic (exact) mass is 286 g/mol. The van der Waals surface area contributed by atoms with E-state index in [2.05, 4.69) is 12.1 Å². The molecule has 3 rings (SSSR count). The van der Waals surface area contributed by atoms with Gasteiger partial charge in [-0.15, -0.1) is 0 Å². The van der Waals surface area contributed by atoms with E-state index in [1.165, 1.54) is 31.2 Å². The van der Waals surface area contributed by atoms with Crippen LogP contribution in [0.5, 0.6) is 0 Å². The minimum absolute atomic E-state index is 0.190. The summed E-state index contributed by atoms with van der Waals surface area (Å²) in [5.74, 6) is -0.984. The number of hydrogen-bond donors (Lipinski definition) is 0.